The molecule has 13 heteroatoms. The van der Waals surface area contributed by atoms with Crippen LogP contribution < -0.4 is 5.32 Å². The molecule has 12 nitrogen and oxygen atoms in total. The van der Waals surface area contributed by atoms with E-state index in [0.29, 0.717) is 24.6 Å². The van der Waals surface area contributed by atoms with E-state index in [-0.39, 0.29) is 19.9 Å². The zero-order chi connectivity index (χ0) is 19.9. The van der Waals surface area contributed by atoms with Crippen molar-refractivity contribution in [2.45, 2.75) is 0 Å². The second kappa shape index (κ2) is 9.12. The lowest BCUT2D eigenvalue weighted by Crippen LogP contribution is -2.36. The van der Waals surface area contributed by atoms with Crippen molar-refractivity contribution in [1.82, 2.24) is 14.9 Å². The third kappa shape index (κ3) is 4.94. The summed E-state index contributed by atoms with van der Waals surface area (Å²) in [6.07, 6.45) is 2.26. The third-order valence-corrected chi connectivity index (χ3v) is 4.40. The molecule has 0 atom stereocenters. The average Bonchev–Trinajstić information content (AvgIpc) is 3.13. The first-order valence-corrected chi connectivity index (χ1v) is 8.86. The number of benzene rings is 1. The zero-order valence-electron chi connectivity index (χ0n) is 14.4. The van der Waals surface area contributed by atoms with Gasteiger partial charge in [0.05, 0.1) is 22.2 Å². The van der Waals surface area contributed by atoms with Gasteiger partial charge in [-0.25, -0.2) is 4.79 Å². The first-order chi connectivity index (χ1) is 13.5. The highest BCUT2D eigenvalue weighted by atomic mass is 79.9. The van der Waals surface area contributed by atoms with E-state index in [2.05, 4.69) is 45.8 Å². The molecule has 1 aromatic carbocycles. The minimum absolute atomic E-state index is 0.0915. The lowest BCUT2D eigenvalue weighted by Gasteiger charge is -2.21. The van der Waals surface area contributed by atoms with Crippen LogP contribution in [0.5, 0.6) is 0 Å². The molecule has 0 saturated heterocycles. The van der Waals surface area contributed by atoms with Gasteiger partial charge in [-0.2, -0.15) is 0 Å². The number of hydrogen-bond donors (Lipinski definition) is 1. The van der Waals surface area contributed by atoms with Crippen molar-refractivity contribution in [1.29, 1.82) is 0 Å². The minimum atomic E-state index is -0.968. The van der Waals surface area contributed by atoms with Gasteiger partial charge in [0, 0.05) is 18.9 Å². The molecule has 0 saturated carbocycles. The maximum absolute atomic E-state index is 11.5. The predicted octanol–water partition coefficient (Wildman–Crippen LogP) is 1.79. The average molecular weight is 455 g/mol. The third-order valence-electron chi connectivity index (χ3n) is 3.59. The summed E-state index contributed by atoms with van der Waals surface area (Å²) < 4.78 is 10.4. The Morgan fingerprint density at radius 1 is 1.29 bits per heavy atom. The number of carbonyl (C=O) groups is 1. The van der Waals surface area contributed by atoms with Gasteiger partial charge >= 0.3 is 6.16 Å². The Bertz CT molecular complexity index is 910. The molecule has 1 aromatic heterocycles. The standard InChI is InChI=1S/C15H15BrN6O6/c16-12-10(1-2-11-13(12)18-4-3-17-11)20-14-19-5-6-21(14)9-27-15(23)26-7-8-28-22(24)25/h1-4H,5-9H2,(H,19,20). The van der Waals surface area contributed by atoms with Crippen LogP contribution in [0, 0.1) is 10.1 Å². The van der Waals surface area contributed by atoms with E-state index in [4.69, 9.17) is 4.74 Å². The number of anilines is 1. The molecule has 1 aliphatic heterocycles. The SMILES string of the molecule is O=C(OCCO[N+](=O)[O-])OCN1CCN=C1Nc1ccc2nccnc2c1Br. The highest BCUT2D eigenvalue weighted by Crippen LogP contribution is 2.29. The summed E-state index contributed by atoms with van der Waals surface area (Å²) >= 11 is 3.51. The van der Waals surface area contributed by atoms with E-state index in [1.807, 2.05) is 12.1 Å². The van der Waals surface area contributed by atoms with E-state index in [0.717, 1.165) is 15.7 Å². The van der Waals surface area contributed by atoms with Crippen LogP contribution in [0.15, 0.2) is 34.0 Å². The monoisotopic (exact) mass is 454 g/mol. The number of nitrogens with one attached hydrogen (secondary N) is 1. The summed E-state index contributed by atoms with van der Waals surface area (Å²) in [5, 5.41) is 12.2. The van der Waals surface area contributed by atoms with Crippen LogP contribution in [0.25, 0.3) is 11.0 Å². The molecule has 148 valence electrons. The van der Waals surface area contributed by atoms with Crippen molar-refractivity contribution in [3.8, 4) is 0 Å². The number of fused-ring (bicyclic) bond motifs is 1. The summed E-state index contributed by atoms with van der Waals surface area (Å²) in [7, 11) is 0. The Morgan fingerprint density at radius 2 is 2.11 bits per heavy atom. The lowest BCUT2D eigenvalue weighted by atomic mass is 10.2. The number of aromatic nitrogens is 2. The molecule has 28 heavy (non-hydrogen) atoms. The molecule has 0 aliphatic carbocycles. The molecule has 0 amide bonds. The quantitative estimate of drug-likeness (QED) is 0.284. The predicted molar refractivity (Wildman–Crippen MR) is 100 cm³/mol. The maximum atomic E-state index is 11.5. The van der Waals surface area contributed by atoms with Crippen LogP contribution in [-0.2, 0) is 14.3 Å². The minimum Gasteiger partial charge on any atom is -0.432 e. The van der Waals surface area contributed by atoms with Gasteiger partial charge in [0.2, 0.25) is 5.96 Å². The molecule has 2 aromatic rings. The summed E-state index contributed by atoms with van der Waals surface area (Å²) in [5.41, 5.74) is 2.19. The molecule has 0 radical (unpaired) electrons. The van der Waals surface area contributed by atoms with Crippen molar-refractivity contribution in [2.24, 2.45) is 4.99 Å². The van der Waals surface area contributed by atoms with Gasteiger partial charge < -0.3 is 24.5 Å². The largest absolute Gasteiger partial charge is 0.510 e. The smallest absolute Gasteiger partial charge is 0.432 e. The summed E-state index contributed by atoms with van der Waals surface area (Å²) in [5.74, 6) is 0.522. The van der Waals surface area contributed by atoms with Crippen molar-refractivity contribution in [2.75, 3.05) is 38.4 Å². The molecule has 1 aliphatic rings. The number of nitrogens with zero attached hydrogens (tertiary/aromatic N) is 5. The number of rotatable bonds is 7. The Hall–Kier alpha value is -3.22. The first-order valence-electron chi connectivity index (χ1n) is 8.07. The molecule has 3 rings (SSSR count). The van der Waals surface area contributed by atoms with Gasteiger partial charge in [0.25, 0.3) is 5.09 Å². The molecular formula is C15H15BrN6O6. The summed E-state index contributed by atoms with van der Waals surface area (Å²) in [4.78, 5) is 40.2. The highest BCUT2D eigenvalue weighted by Gasteiger charge is 2.20. The van der Waals surface area contributed by atoms with Gasteiger partial charge in [-0.05, 0) is 28.1 Å². The van der Waals surface area contributed by atoms with Crippen LogP contribution in [0.1, 0.15) is 0 Å². The Labute approximate surface area is 166 Å². The fourth-order valence-electron chi connectivity index (χ4n) is 2.36. The van der Waals surface area contributed by atoms with Crippen LogP contribution in [0.2, 0.25) is 0 Å². The number of ether oxygens (including phenoxy) is 2. The van der Waals surface area contributed by atoms with Crippen molar-refractivity contribution in [3.63, 3.8) is 0 Å². The Kier molecular flexibility index (Phi) is 6.37. The Balaban J connectivity index is 1.53. The number of hydrogen-bond acceptors (Lipinski definition) is 11. The lowest BCUT2D eigenvalue weighted by molar-refractivity contribution is -0.757. The zero-order valence-corrected chi connectivity index (χ0v) is 16.0. The second-order valence-corrected chi connectivity index (χ2v) is 6.17. The molecule has 0 bridgehead atoms. The molecule has 0 spiro atoms. The highest BCUT2D eigenvalue weighted by molar-refractivity contribution is 9.10. The summed E-state index contributed by atoms with van der Waals surface area (Å²) in [6.45, 7) is 0.336. The van der Waals surface area contributed by atoms with E-state index in [9.17, 15) is 14.9 Å². The Morgan fingerprint density at radius 3 is 2.93 bits per heavy atom. The van der Waals surface area contributed by atoms with Crippen LogP contribution in [0.3, 0.4) is 0 Å². The van der Waals surface area contributed by atoms with Gasteiger partial charge in [0.1, 0.15) is 18.7 Å². The van der Waals surface area contributed by atoms with Gasteiger partial charge in [-0.15, -0.1) is 10.1 Å². The topological polar surface area (TPSA) is 141 Å². The van der Waals surface area contributed by atoms with E-state index < -0.39 is 11.2 Å². The van der Waals surface area contributed by atoms with Crippen LogP contribution in [-0.4, -0.2) is 65.1 Å². The van der Waals surface area contributed by atoms with E-state index in [1.54, 1.807) is 17.3 Å². The van der Waals surface area contributed by atoms with Crippen molar-refractivity contribution >= 4 is 44.8 Å². The van der Waals surface area contributed by atoms with Crippen molar-refractivity contribution < 1.29 is 24.2 Å². The number of carbonyl (C=O) groups excluding carboxylic acids is 1. The summed E-state index contributed by atoms with van der Waals surface area (Å²) in [6, 6.07) is 3.67. The van der Waals surface area contributed by atoms with Gasteiger partial charge in [-0.3, -0.25) is 15.0 Å². The van der Waals surface area contributed by atoms with Gasteiger partial charge in [-0.1, -0.05) is 0 Å². The maximum Gasteiger partial charge on any atom is 0.510 e. The van der Waals surface area contributed by atoms with E-state index >= 15 is 0 Å². The second-order valence-electron chi connectivity index (χ2n) is 5.37. The van der Waals surface area contributed by atoms with Crippen molar-refractivity contribution in [3.05, 3.63) is 39.1 Å². The molecule has 1 N–H and O–H groups in total. The van der Waals surface area contributed by atoms with Gasteiger partial charge in [0.15, 0.2) is 6.73 Å². The molecular weight excluding hydrogens is 440 g/mol. The fourth-order valence-corrected chi connectivity index (χ4v) is 2.89. The van der Waals surface area contributed by atoms with Crippen LogP contribution >= 0.6 is 15.9 Å². The fraction of sp³-hybridized carbons (Fsp3) is 0.333. The van der Waals surface area contributed by atoms with E-state index in [1.165, 1.54) is 0 Å². The molecule has 2 heterocycles. The number of halogens is 1. The normalized spacial score (nSPS) is 13.2. The number of aliphatic imine (C=N–C) groups is 1. The molecule has 0 fully saturated rings. The number of guanidine groups is 1. The first kappa shape index (κ1) is 19.5. The van der Waals surface area contributed by atoms with Crippen LogP contribution in [0.4, 0.5) is 10.5 Å². The molecule has 0 unspecified atom stereocenters.